The zero-order valence-corrected chi connectivity index (χ0v) is 16.1. The van der Waals surface area contributed by atoms with Gasteiger partial charge in [-0.05, 0) is 38.1 Å². The summed E-state index contributed by atoms with van der Waals surface area (Å²) < 4.78 is 2.03. The molecule has 0 aliphatic carbocycles. The molecule has 128 valence electrons. The smallest absolute Gasteiger partial charge is 0.279 e. The number of aromatic nitrogens is 1. The molecule has 1 heterocycles. The van der Waals surface area contributed by atoms with E-state index in [1.54, 1.807) is 18.2 Å². The van der Waals surface area contributed by atoms with E-state index in [1.165, 1.54) is 11.3 Å². The number of hydrogen-bond donors (Lipinski definition) is 0. The Labute approximate surface area is 160 Å². The summed E-state index contributed by atoms with van der Waals surface area (Å²) in [6.45, 7) is 4.74. The number of carbonyl (C=O) groups is 1. The summed E-state index contributed by atoms with van der Waals surface area (Å²) in [6.07, 6.45) is 0. The molecule has 0 aliphatic rings. The fraction of sp³-hybridized carbons (Fsp3) is 0.158. The van der Waals surface area contributed by atoms with Crippen LogP contribution in [0.5, 0.6) is 0 Å². The fourth-order valence-electron chi connectivity index (χ4n) is 2.64. The Balaban J connectivity index is 2.13. The number of nitrogens with zero attached hydrogens (tertiary/aromatic N) is 2. The Morgan fingerprint density at radius 2 is 1.84 bits per heavy atom. The highest BCUT2D eigenvalue weighted by molar-refractivity contribution is 7.09. The summed E-state index contributed by atoms with van der Waals surface area (Å²) in [4.78, 5) is 18.5. The molecule has 0 bridgehead atoms. The van der Waals surface area contributed by atoms with E-state index in [-0.39, 0.29) is 5.91 Å². The Hall–Kier alpha value is -1.88. The first kappa shape index (κ1) is 17.9. The van der Waals surface area contributed by atoms with Crippen molar-refractivity contribution in [3.05, 3.63) is 73.8 Å². The molecule has 0 spiro atoms. The summed E-state index contributed by atoms with van der Waals surface area (Å²) in [6, 6.07) is 14.6. The van der Waals surface area contributed by atoms with Gasteiger partial charge in [-0.15, -0.1) is 11.3 Å². The fourth-order valence-corrected chi connectivity index (χ4v) is 3.99. The summed E-state index contributed by atoms with van der Waals surface area (Å²) >= 11 is 13.7. The molecular weight excluding hydrogens is 375 g/mol. The van der Waals surface area contributed by atoms with E-state index in [0.29, 0.717) is 27.0 Å². The van der Waals surface area contributed by atoms with Crippen LogP contribution in [0, 0.1) is 6.92 Å². The van der Waals surface area contributed by atoms with Crippen molar-refractivity contribution in [2.45, 2.75) is 20.4 Å². The predicted octanol–water partition coefficient (Wildman–Crippen LogP) is 5.59. The molecule has 0 aliphatic heterocycles. The van der Waals surface area contributed by atoms with Gasteiger partial charge in [0.15, 0.2) is 4.80 Å². The Kier molecular flexibility index (Phi) is 5.42. The van der Waals surface area contributed by atoms with Gasteiger partial charge in [0.25, 0.3) is 5.91 Å². The van der Waals surface area contributed by atoms with E-state index in [9.17, 15) is 4.79 Å². The number of thiazole rings is 1. The maximum Gasteiger partial charge on any atom is 0.279 e. The van der Waals surface area contributed by atoms with Crippen LogP contribution in [0.4, 0.5) is 0 Å². The van der Waals surface area contributed by atoms with Gasteiger partial charge in [0.2, 0.25) is 0 Å². The highest BCUT2D eigenvalue weighted by atomic mass is 35.5. The van der Waals surface area contributed by atoms with E-state index in [1.807, 2.05) is 48.7 Å². The number of aryl methyl sites for hydroxylation is 1. The van der Waals surface area contributed by atoms with E-state index in [4.69, 9.17) is 23.2 Å². The van der Waals surface area contributed by atoms with Crippen LogP contribution in [0.1, 0.15) is 22.2 Å². The number of hydrogen-bond acceptors (Lipinski definition) is 2. The number of halogens is 2. The Bertz CT molecular complexity index is 990. The maximum absolute atomic E-state index is 12.4. The first-order valence-electron chi connectivity index (χ1n) is 7.81. The first-order valence-corrected chi connectivity index (χ1v) is 9.38. The maximum atomic E-state index is 12.4. The monoisotopic (exact) mass is 390 g/mol. The van der Waals surface area contributed by atoms with Gasteiger partial charge in [0, 0.05) is 22.5 Å². The van der Waals surface area contributed by atoms with Crippen LogP contribution in [0.15, 0.2) is 53.5 Å². The van der Waals surface area contributed by atoms with E-state index in [2.05, 4.69) is 4.99 Å². The normalized spacial score (nSPS) is 11.8. The highest BCUT2D eigenvalue weighted by Crippen LogP contribution is 2.31. The lowest BCUT2D eigenvalue weighted by molar-refractivity contribution is 0.0998. The first-order chi connectivity index (χ1) is 12.0. The largest absolute Gasteiger partial charge is 0.316 e. The lowest BCUT2D eigenvalue weighted by Gasteiger charge is -2.08. The number of benzene rings is 2. The molecule has 0 saturated carbocycles. The second-order valence-corrected chi connectivity index (χ2v) is 7.44. The van der Waals surface area contributed by atoms with Gasteiger partial charge in [0.05, 0.1) is 15.7 Å². The molecule has 0 saturated heterocycles. The van der Waals surface area contributed by atoms with Crippen LogP contribution in [0.25, 0.3) is 11.3 Å². The molecule has 2 aromatic carbocycles. The summed E-state index contributed by atoms with van der Waals surface area (Å²) in [7, 11) is 0. The lowest BCUT2D eigenvalue weighted by atomic mass is 10.1. The zero-order valence-electron chi connectivity index (χ0n) is 13.8. The topological polar surface area (TPSA) is 34.4 Å². The van der Waals surface area contributed by atoms with Gasteiger partial charge in [0.1, 0.15) is 0 Å². The van der Waals surface area contributed by atoms with Crippen molar-refractivity contribution in [3.63, 3.8) is 0 Å². The average molecular weight is 391 g/mol. The van der Waals surface area contributed by atoms with Crippen molar-refractivity contribution < 1.29 is 4.79 Å². The molecule has 0 N–H and O–H groups in total. The zero-order chi connectivity index (χ0) is 18.0. The minimum Gasteiger partial charge on any atom is -0.316 e. The molecule has 3 aromatic rings. The summed E-state index contributed by atoms with van der Waals surface area (Å²) in [5, 5.41) is 1.02. The Morgan fingerprint density at radius 1 is 1.12 bits per heavy atom. The van der Waals surface area contributed by atoms with Gasteiger partial charge in [-0.25, -0.2) is 0 Å². The average Bonchev–Trinajstić information content (AvgIpc) is 2.93. The molecule has 0 fully saturated rings. The predicted molar refractivity (Wildman–Crippen MR) is 105 cm³/mol. The van der Waals surface area contributed by atoms with Crippen LogP contribution >= 0.6 is 34.5 Å². The van der Waals surface area contributed by atoms with Crippen molar-refractivity contribution in [2.75, 3.05) is 0 Å². The second kappa shape index (κ2) is 7.56. The lowest BCUT2D eigenvalue weighted by Crippen LogP contribution is -2.17. The number of carbonyl (C=O) groups excluding carboxylic acids is 1. The summed E-state index contributed by atoms with van der Waals surface area (Å²) in [5.41, 5.74) is 2.54. The molecule has 1 aromatic heterocycles. The van der Waals surface area contributed by atoms with Gasteiger partial charge < -0.3 is 4.57 Å². The van der Waals surface area contributed by atoms with Crippen molar-refractivity contribution >= 4 is 40.4 Å². The molecule has 0 radical (unpaired) electrons. The van der Waals surface area contributed by atoms with Crippen molar-refractivity contribution in [1.29, 1.82) is 0 Å². The molecule has 25 heavy (non-hydrogen) atoms. The Morgan fingerprint density at radius 3 is 2.48 bits per heavy atom. The van der Waals surface area contributed by atoms with Crippen molar-refractivity contribution in [2.24, 2.45) is 4.99 Å². The van der Waals surface area contributed by atoms with Gasteiger partial charge >= 0.3 is 0 Å². The number of rotatable bonds is 3. The molecular formula is C19H16Cl2N2OS. The van der Waals surface area contributed by atoms with E-state index < -0.39 is 0 Å². The number of amides is 1. The minimum absolute atomic E-state index is 0.246. The molecule has 1 amide bonds. The van der Waals surface area contributed by atoms with Gasteiger partial charge in [-0.1, -0.05) is 47.5 Å². The molecule has 3 nitrogen and oxygen atoms in total. The molecule has 0 atom stereocenters. The SMILES string of the molecule is CCn1c(-c2ccc(Cl)c(Cl)c2)c(C)sc1=NC(=O)c1ccccc1. The third-order valence-electron chi connectivity index (χ3n) is 3.81. The molecule has 0 unspecified atom stereocenters. The molecule has 6 heteroatoms. The third kappa shape index (κ3) is 3.71. The van der Waals surface area contributed by atoms with E-state index in [0.717, 1.165) is 16.1 Å². The van der Waals surface area contributed by atoms with Crippen molar-refractivity contribution in [1.82, 2.24) is 4.57 Å². The minimum atomic E-state index is -0.246. The third-order valence-corrected chi connectivity index (χ3v) is 5.54. The highest BCUT2D eigenvalue weighted by Gasteiger charge is 2.14. The van der Waals surface area contributed by atoms with Crippen molar-refractivity contribution in [3.8, 4) is 11.3 Å². The van der Waals surface area contributed by atoms with Gasteiger partial charge in [-0.2, -0.15) is 4.99 Å². The second-order valence-electron chi connectivity index (χ2n) is 5.45. The van der Waals surface area contributed by atoms with Crippen LogP contribution in [-0.4, -0.2) is 10.5 Å². The molecule has 3 rings (SSSR count). The summed E-state index contributed by atoms with van der Waals surface area (Å²) in [5.74, 6) is -0.246. The van der Waals surface area contributed by atoms with Gasteiger partial charge in [-0.3, -0.25) is 4.79 Å². The standard InChI is InChI=1S/C19H16Cl2N2OS/c1-3-23-17(14-9-10-15(20)16(21)11-14)12(2)25-19(23)22-18(24)13-7-5-4-6-8-13/h4-11H,3H2,1-2H3. The van der Waals surface area contributed by atoms with Crippen LogP contribution in [0.2, 0.25) is 10.0 Å². The quantitative estimate of drug-likeness (QED) is 0.573. The van der Waals surface area contributed by atoms with E-state index >= 15 is 0 Å². The van der Waals surface area contributed by atoms with Crippen LogP contribution < -0.4 is 4.80 Å². The van der Waals surface area contributed by atoms with Crippen LogP contribution in [-0.2, 0) is 6.54 Å². The van der Waals surface area contributed by atoms with Crippen LogP contribution in [0.3, 0.4) is 0 Å².